The Labute approximate surface area is 187 Å². The molecule has 2 aromatic rings. The molecule has 0 saturated heterocycles. The number of rotatable bonds is 4. The number of carbonyl (C=O) groups excluding carboxylic acids is 1. The van der Waals surface area contributed by atoms with E-state index >= 15 is 0 Å². The van der Waals surface area contributed by atoms with Crippen molar-refractivity contribution in [2.75, 3.05) is 13.8 Å². The highest BCUT2D eigenvalue weighted by Crippen LogP contribution is 2.37. The maximum absolute atomic E-state index is 12.6. The van der Waals surface area contributed by atoms with Crippen LogP contribution in [-0.4, -0.2) is 34.8 Å². The van der Waals surface area contributed by atoms with Crippen molar-refractivity contribution >= 4 is 51.5 Å². The monoisotopic (exact) mass is 461 g/mol. The van der Waals surface area contributed by atoms with Crippen molar-refractivity contribution in [1.29, 1.82) is 0 Å². The van der Waals surface area contributed by atoms with E-state index in [1.807, 2.05) is 30.4 Å². The second kappa shape index (κ2) is 8.83. The quantitative estimate of drug-likeness (QED) is 0.659. The predicted octanol–water partition coefficient (Wildman–Crippen LogP) is 4.41. The summed E-state index contributed by atoms with van der Waals surface area (Å²) in [6.07, 6.45) is 2.61. The fourth-order valence-electron chi connectivity index (χ4n) is 3.18. The van der Waals surface area contributed by atoms with Crippen molar-refractivity contribution < 1.29 is 14.6 Å². The van der Waals surface area contributed by atoms with Gasteiger partial charge in [0, 0.05) is 23.1 Å². The van der Waals surface area contributed by atoms with Gasteiger partial charge < -0.3 is 15.2 Å². The molecule has 2 aliphatic heterocycles. The van der Waals surface area contributed by atoms with Crippen molar-refractivity contribution in [3.63, 3.8) is 0 Å². The first-order chi connectivity index (χ1) is 14.5. The first kappa shape index (κ1) is 21.0. The van der Waals surface area contributed by atoms with Crippen molar-refractivity contribution in [2.45, 2.75) is 11.2 Å². The van der Waals surface area contributed by atoms with Crippen LogP contribution in [0.15, 0.2) is 70.3 Å². The molecule has 0 aliphatic carbocycles. The Hall–Kier alpha value is -2.29. The number of fused-ring (bicyclic) bond motifs is 1. The smallest absolute Gasteiger partial charge is 0.255 e. The van der Waals surface area contributed by atoms with Crippen LogP contribution in [0.5, 0.6) is 0 Å². The van der Waals surface area contributed by atoms with Crippen molar-refractivity contribution in [3.8, 4) is 0 Å². The number of benzene rings is 2. The fourth-order valence-corrected chi connectivity index (χ4v) is 4.70. The third kappa shape index (κ3) is 3.99. The molecule has 1 unspecified atom stereocenters. The minimum atomic E-state index is -1.03. The van der Waals surface area contributed by atoms with Gasteiger partial charge in [0.15, 0.2) is 6.29 Å². The highest BCUT2D eigenvalue weighted by molar-refractivity contribution is 8.14. The van der Waals surface area contributed by atoms with Gasteiger partial charge in [-0.1, -0.05) is 59.2 Å². The van der Waals surface area contributed by atoms with E-state index < -0.39 is 6.29 Å². The maximum Gasteiger partial charge on any atom is 0.255 e. The number of aliphatic hydroxyl groups is 1. The normalized spacial score (nSPS) is 16.9. The van der Waals surface area contributed by atoms with E-state index in [0.717, 1.165) is 4.90 Å². The number of hydrogen-bond donors (Lipinski definition) is 2. The zero-order valence-corrected chi connectivity index (χ0v) is 18.1. The summed E-state index contributed by atoms with van der Waals surface area (Å²) in [7, 11) is 1.44. The number of carbonyl (C=O) groups is 1. The lowest BCUT2D eigenvalue weighted by Gasteiger charge is -2.31. The summed E-state index contributed by atoms with van der Waals surface area (Å²) in [5.74, 6) is -0.263. The van der Waals surface area contributed by atoms with Crippen molar-refractivity contribution in [1.82, 2.24) is 10.3 Å². The number of aliphatic hydroxyl groups excluding tert-OH is 1. The van der Waals surface area contributed by atoms with Gasteiger partial charge in [0.05, 0.1) is 21.3 Å². The lowest BCUT2D eigenvalue weighted by atomic mass is 10.0. The van der Waals surface area contributed by atoms with Crippen LogP contribution in [0.25, 0.3) is 5.57 Å². The molecule has 2 aliphatic rings. The van der Waals surface area contributed by atoms with Gasteiger partial charge in [-0.05, 0) is 30.4 Å². The largest absolute Gasteiger partial charge is 0.364 e. The highest BCUT2D eigenvalue weighted by Gasteiger charge is 2.30. The minimum absolute atomic E-state index is 0.219. The second-order valence-electron chi connectivity index (χ2n) is 6.42. The second-order valence-corrected chi connectivity index (χ2v) is 8.30. The molecule has 0 fully saturated rings. The number of methoxy groups -OCH3 is 1. The summed E-state index contributed by atoms with van der Waals surface area (Å²) in [6, 6.07) is 12.5. The average Bonchev–Trinajstić information content (AvgIpc) is 2.75. The van der Waals surface area contributed by atoms with Crippen LogP contribution in [0.1, 0.15) is 17.4 Å². The number of thioether (sulfide) groups is 1. The standard InChI is InChI=1S/C21H17Cl2N3O3S/c1-29-21(28)12-5-2-3-8-16(12)30-17-10-9-15-19(20(27)24-11-26(15)25-17)18-13(22)6-4-7-14(18)23/h2-10,21,28H,11H2,1H3,(H,24,27). The maximum atomic E-state index is 12.6. The Morgan fingerprint density at radius 1 is 1.17 bits per heavy atom. The van der Waals surface area contributed by atoms with Crippen molar-refractivity contribution in [3.05, 3.63) is 81.5 Å². The number of hydrogen-bond acceptors (Lipinski definition) is 6. The Morgan fingerprint density at radius 3 is 2.63 bits per heavy atom. The van der Waals surface area contributed by atoms with Gasteiger partial charge in [-0.15, -0.1) is 0 Å². The Kier molecular flexibility index (Phi) is 6.17. The number of amides is 1. The number of ether oxygens (including phenoxy) is 1. The molecule has 9 heteroatoms. The number of halogens is 2. The molecule has 154 valence electrons. The summed E-state index contributed by atoms with van der Waals surface area (Å²) in [5.41, 5.74) is 2.11. The van der Waals surface area contributed by atoms with Crippen molar-refractivity contribution in [2.24, 2.45) is 5.10 Å². The van der Waals surface area contributed by atoms with Crippen LogP contribution in [-0.2, 0) is 9.53 Å². The summed E-state index contributed by atoms with van der Waals surface area (Å²) in [5, 5.41) is 20.7. The van der Waals surface area contributed by atoms with Gasteiger partial charge in [-0.2, -0.15) is 5.10 Å². The van der Waals surface area contributed by atoms with Gasteiger partial charge in [-0.25, -0.2) is 5.01 Å². The van der Waals surface area contributed by atoms with E-state index in [9.17, 15) is 9.90 Å². The summed E-state index contributed by atoms with van der Waals surface area (Å²) >= 11 is 14.1. The minimum Gasteiger partial charge on any atom is -0.364 e. The fraction of sp³-hybridized carbons (Fsp3) is 0.143. The van der Waals surface area contributed by atoms with Crippen LogP contribution in [0, 0.1) is 0 Å². The van der Waals surface area contributed by atoms with Crippen LogP contribution >= 0.6 is 35.0 Å². The first-order valence-corrected chi connectivity index (χ1v) is 10.6. The molecule has 1 atom stereocenters. The molecular formula is C21H17Cl2N3O3S. The first-order valence-electron chi connectivity index (χ1n) is 8.98. The summed E-state index contributed by atoms with van der Waals surface area (Å²) in [4.78, 5) is 13.5. The molecule has 1 amide bonds. The van der Waals surface area contributed by atoms with E-state index in [0.29, 0.717) is 37.5 Å². The Balaban J connectivity index is 1.70. The third-order valence-electron chi connectivity index (χ3n) is 4.59. The predicted molar refractivity (Wildman–Crippen MR) is 119 cm³/mol. The van der Waals surface area contributed by atoms with Gasteiger partial charge in [0.2, 0.25) is 0 Å². The lowest BCUT2D eigenvalue weighted by Crippen LogP contribution is -2.42. The van der Waals surface area contributed by atoms with Crippen LogP contribution in [0.4, 0.5) is 0 Å². The lowest BCUT2D eigenvalue weighted by molar-refractivity contribution is -0.116. The molecule has 2 N–H and O–H groups in total. The molecule has 0 radical (unpaired) electrons. The molecule has 2 heterocycles. The van der Waals surface area contributed by atoms with E-state index in [2.05, 4.69) is 10.4 Å². The Bertz CT molecular complexity index is 1080. The number of hydrazone groups is 1. The SMILES string of the molecule is COC(O)c1ccccc1SC1=NN2CNC(=O)C(c3c(Cl)cccc3Cl)=C2C=C1. The number of nitrogens with one attached hydrogen (secondary N) is 1. The number of nitrogens with zero attached hydrogens (tertiary/aromatic N) is 2. The molecular weight excluding hydrogens is 445 g/mol. The molecule has 0 spiro atoms. The molecule has 2 aromatic carbocycles. The molecule has 0 saturated carbocycles. The van der Waals surface area contributed by atoms with Gasteiger partial charge in [0.25, 0.3) is 5.91 Å². The molecule has 0 bridgehead atoms. The van der Waals surface area contributed by atoms with Crippen LogP contribution in [0.3, 0.4) is 0 Å². The molecule has 4 rings (SSSR count). The third-order valence-corrected chi connectivity index (χ3v) is 6.24. The molecule has 30 heavy (non-hydrogen) atoms. The van der Waals surface area contributed by atoms with E-state index in [-0.39, 0.29) is 12.6 Å². The average molecular weight is 462 g/mol. The molecule has 0 aromatic heterocycles. The zero-order chi connectivity index (χ0) is 21.3. The highest BCUT2D eigenvalue weighted by atomic mass is 35.5. The summed E-state index contributed by atoms with van der Waals surface area (Å²) < 4.78 is 5.04. The summed E-state index contributed by atoms with van der Waals surface area (Å²) in [6.45, 7) is 0.219. The van der Waals surface area contributed by atoms with Crippen LogP contribution < -0.4 is 5.32 Å². The van der Waals surface area contributed by atoms with Gasteiger partial charge >= 0.3 is 0 Å². The van der Waals surface area contributed by atoms with E-state index in [1.165, 1.54) is 18.9 Å². The zero-order valence-electron chi connectivity index (χ0n) is 15.8. The van der Waals surface area contributed by atoms with Crippen LogP contribution in [0.2, 0.25) is 10.0 Å². The van der Waals surface area contributed by atoms with Gasteiger partial charge in [0.1, 0.15) is 11.7 Å². The van der Waals surface area contributed by atoms with E-state index in [4.69, 9.17) is 27.9 Å². The number of allylic oxidation sites excluding steroid dienone is 1. The topological polar surface area (TPSA) is 74.2 Å². The van der Waals surface area contributed by atoms with Gasteiger partial charge in [-0.3, -0.25) is 4.79 Å². The van der Waals surface area contributed by atoms with E-state index in [1.54, 1.807) is 29.3 Å². The Morgan fingerprint density at radius 2 is 1.90 bits per heavy atom. The molecule has 6 nitrogen and oxygen atoms in total.